The summed E-state index contributed by atoms with van der Waals surface area (Å²) in [7, 11) is 0. The molecule has 4 atom stereocenters. The van der Waals surface area contributed by atoms with E-state index in [1.807, 2.05) is 0 Å². The van der Waals surface area contributed by atoms with Gasteiger partial charge < -0.3 is 25.4 Å². The first-order valence-electron chi connectivity index (χ1n) is 10.2. The normalized spacial score (nSPS) is 24.1. The summed E-state index contributed by atoms with van der Waals surface area (Å²) in [5.41, 5.74) is 0.262. The predicted molar refractivity (Wildman–Crippen MR) is 111 cm³/mol. The molecule has 2 saturated heterocycles. The van der Waals surface area contributed by atoms with Gasteiger partial charge in [-0.25, -0.2) is 0 Å². The van der Waals surface area contributed by atoms with Crippen molar-refractivity contribution in [1.29, 1.82) is 0 Å². The average molecular weight is 452 g/mol. The molecule has 2 heterocycles. The number of esters is 1. The van der Waals surface area contributed by atoms with Gasteiger partial charge in [-0.3, -0.25) is 19.2 Å². The number of likely N-dealkylation sites (tertiary alicyclic amines) is 1. The summed E-state index contributed by atoms with van der Waals surface area (Å²) in [6, 6.07) is 4.10. The fourth-order valence-electron chi connectivity index (χ4n) is 3.81. The number of aliphatic hydroxyl groups is 1. The Kier molecular flexibility index (Phi) is 7.17. The van der Waals surface area contributed by atoms with E-state index in [-0.39, 0.29) is 28.8 Å². The van der Waals surface area contributed by atoms with Gasteiger partial charge in [-0.1, -0.05) is 37.6 Å². The van der Waals surface area contributed by atoms with Crippen molar-refractivity contribution in [2.45, 2.75) is 57.5 Å². The van der Waals surface area contributed by atoms with Gasteiger partial charge in [0.25, 0.3) is 5.91 Å². The molecule has 0 saturated carbocycles. The minimum atomic E-state index is -1.40. The van der Waals surface area contributed by atoms with Crippen LogP contribution in [0.1, 0.15) is 43.5 Å². The molecule has 0 unspecified atom stereocenters. The van der Waals surface area contributed by atoms with Crippen LogP contribution in [0.25, 0.3) is 0 Å². The average Bonchev–Trinajstić information content (AvgIpc) is 3.32. The molecule has 2 fully saturated rings. The lowest BCUT2D eigenvalue weighted by atomic mass is 10.0. The van der Waals surface area contributed by atoms with Gasteiger partial charge in [-0.15, -0.1) is 0 Å². The van der Waals surface area contributed by atoms with Gasteiger partial charge in [0.05, 0.1) is 17.0 Å². The van der Waals surface area contributed by atoms with Crippen molar-refractivity contribution >= 4 is 35.3 Å². The highest BCUT2D eigenvalue weighted by Gasteiger charge is 2.41. The van der Waals surface area contributed by atoms with Gasteiger partial charge >= 0.3 is 5.97 Å². The maximum atomic E-state index is 13.3. The zero-order chi connectivity index (χ0) is 22.7. The molecule has 0 bridgehead atoms. The second-order valence-electron chi connectivity index (χ2n) is 8.06. The SMILES string of the molecule is CC(C)[C@H](NC(=O)c1ccccc1Cl)C(=O)N1CCC[C@H]1C(=O)N[C@H]1CC(=O)O[C@@H]1O. The van der Waals surface area contributed by atoms with Crippen LogP contribution in [0.15, 0.2) is 24.3 Å². The van der Waals surface area contributed by atoms with E-state index < -0.39 is 42.2 Å². The molecule has 0 spiro atoms. The van der Waals surface area contributed by atoms with Crippen LogP contribution in [-0.2, 0) is 19.1 Å². The van der Waals surface area contributed by atoms with Crippen molar-refractivity contribution in [3.8, 4) is 0 Å². The molecular formula is C21H26ClN3O6. The van der Waals surface area contributed by atoms with E-state index in [9.17, 15) is 24.3 Å². The van der Waals surface area contributed by atoms with E-state index in [0.29, 0.717) is 19.4 Å². The first-order chi connectivity index (χ1) is 14.7. The van der Waals surface area contributed by atoms with Gasteiger partial charge in [0.2, 0.25) is 18.1 Å². The van der Waals surface area contributed by atoms with Gasteiger partial charge in [-0.05, 0) is 30.9 Å². The van der Waals surface area contributed by atoms with E-state index in [4.69, 9.17) is 11.6 Å². The predicted octanol–water partition coefficient (Wildman–Crippen LogP) is 0.835. The number of rotatable bonds is 6. The molecule has 0 aromatic heterocycles. The van der Waals surface area contributed by atoms with E-state index in [0.717, 1.165) is 0 Å². The van der Waals surface area contributed by atoms with Gasteiger partial charge in [0.1, 0.15) is 18.1 Å². The number of ether oxygens (including phenoxy) is 1. The van der Waals surface area contributed by atoms with Crippen LogP contribution in [0.5, 0.6) is 0 Å². The maximum absolute atomic E-state index is 13.3. The third kappa shape index (κ3) is 5.16. The second kappa shape index (κ2) is 9.65. The number of hydrogen-bond donors (Lipinski definition) is 3. The van der Waals surface area contributed by atoms with E-state index >= 15 is 0 Å². The number of benzene rings is 1. The number of nitrogens with one attached hydrogen (secondary N) is 2. The molecule has 2 aliphatic heterocycles. The zero-order valence-corrected chi connectivity index (χ0v) is 18.1. The molecule has 2 aliphatic rings. The summed E-state index contributed by atoms with van der Waals surface area (Å²) >= 11 is 6.09. The molecule has 0 aliphatic carbocycles. The highest BCUT2D eigenvalue weighted by molar-refractivity contribution is 6.33. The molecule has 0 radical (unpaired) electrons. The summed E-state index contributed by atoms with van der Waals surface area (Å²) in [6.07, 6.45) is -0.468. The fourth-order valence-corrected chi connectivity index (χ4v) is 4.03. The smallest absolute Gasteiger partial charge is 0.310 e. The number of carbonyl (C=O) groups excluding carboxylic acids is 4. The standard InChI is InChI=1S/C21H26ClN3O6/c1-11(2)17(24-18(27)12-6-3-4-7-13(12)22)20(29)25-9-5-8-15(25)19(28)23-14-10-16(26)31-21(14)30/h3-4,6-7,11,14-15,17,21,30H,5,8-10H2,1-2H3,(H,23,28)(H,24,27)/t14-,15-,17-,21-/m0/s1. The maximum Gasteiger partial charge on any atom is 0.310 e. The Hall–Kier alpha value is -2.65. The lowest BCUT2D eigenvalue weighted by Gasteiger charge is -2.31. The molecule has 1 aromatic rings. The van der Waals surface area contributed by atoms with Gasteiger partial charge in [-0.2, -0.15) is 0 Å². The number of carbonyl (C=O) groups is 4. The van der Waals surface area contributed by atoms with Crippen LogP contribution >= 0.6 is 11.6 Å². The Labute approximate surface area is 185 Å². The summed E-state index contributed by atoms with van der Waals surface area (Å²) in [5.74, 6) is -2.13. The van der Waals surface area contributed by atoms with Crippen molar-refractivity contribution in [1.82, 2.24) is 15.5 Å². The first-order valence-corrected chi connectivity index (χ1v) is 10.6. The highest BCUT2D eigenvalue weighted by atomic mass is 35.5. The molecule has 3 N–H and O–H groups in total. The molecule has 3 amide bonds. The zero-order valence-electron chi connectivity index (χ0n) is 17.3. The number of nitrogens with zero attached hydrogens (tertiary/aromatic N) is 1. The molecule has 31 heavy (non-hydrogen) atoms. The van der Waals surface area contributed by atoms with Crippen LogP contribution in [0, 0.1) is 5.92 Å². The van der Waals surface area contributed by atoms with Crippen molar-refractivity contribution in [2.24, 2.45) is 5.92 Å². The lowest BCUT2D eigenvalue weighted by Crippen LogP contribution is -2.56. The molecule has 168 valence electrons. The Morgan fingerprint density at radius 2 is 1.97 bits per heavy atom. The van der Waals surface area contributed by atoms with Crippen molar-refractivity contribution in [2.75, 3.05) is 6.54 Å². The Balaban J connectivity index is 1.70. The largest absolute Gasteiger partial charge is 0.434 e. The Morgan fingerprint density at radius 1 is 1.26 bits per heavy atom. The van der Waals surface area contributed by atoms with Crippen LogP contribution in [0.4, 0.5) is 0 Å². The van der Waals surface area contributed by atoms with Crippen molar-refractivity contribution in [3.05, 3.63) is 34.9 Å². The highest BCUT2D eigenvalue weighted by Crippen LogP contribution is 2.22. The van der Waals surface area contributed by atoms with Gasteiger partial charge in [0.15, 0.2) is 0 Å². The number of halogens is 1. The van der Waals surface area contributed by atoms with Crippen molar-refractivity contribution in [3.63, 3.8) is 0 Å². The van der Waals surface area contributed by atoms with Crippen LogP contribution in [0.3, 0.4) is 0 Å². The van der Waals surface area contributed by atoms with E-state index in [2.05, 4.69) is 15.4 Å². The number of hydrogen-bond acceptors (Lipinski definition) is 6. The molecule has 9 nitrogen and oxygen atoms in total. The quantitative estimate of drug-likeness (QED) is 0.550. The van der Waals surface area contributed by atoms with Crippen molar-refractivity contribution < 1.29 is 29.0 Å². The molecule has 1 aromatic carbocycles. The number of cyclic esters (lactones) is 1. The summed E-state index contributed by atoms with van der Waals surface area (Å²) < 4.78 is 4.64. The van der Waals surface area contributed by atoms with Crippen LogP contribution in [0.2, 0.25) is 5.02 Å². The third-order valence-electron chi connectivity index (χ3n) is 5.49. The monoisotopic (exact) mass is 451 g/mol. The molecular weight excluding hydrogens is 426 g/mol. The Bertz CT molecular complexity index is 876. The summed E-state index contributed by atoms with van der Waals surface area (Å²) in [6.45, 7) is 3.97. The number of amides is 3. The third-order valence-corrected chi connectivity index (χ3v) is 5.82. The molecule has 3 rings (SSSR count). The van der Waals surface area contributed by atoms with Crippen LogP contribution < -0.4 is 10.6 Å². The van der Waals surface area contributed by atoms with E-state index in [1.165, 1.54) is 4.90 Å². The molecule has 10 heteroatoms. The summed E-state index contributed by atoms with van der Waals surface area (Å²) in [5, 5.41) is 15.3. The van der Waals surface area contributed by atoms with E-state index in [1.54, 1.807) is 38.1 Å². The van der Waals surface area contributed by atoms with Crippen LogP contribution in [-0.4, -0.2) is 64.7 Å². The number of aliphatic hydroxyl groups excluding tert-OH is 1. The second-order valence-corrected chi connectivity index (χ2v) is 8.47. The summed E-state index contributed by atoms with van der Waals surface area (Å²) in [4.78, 5) is 51.5. The minimum Gasteiger partial charge on any atom is -0.434 e. The minimum absolute atomic E-state index is 0.129. The topological polar surface area (TPSA) is 125 Å². The Morgan fingerprint density at radius 3 is 2.58 bits per heavy atom. The lowest BCUT2D eigenvalue weighted by molar-refractivity contribution is -0.155. The first kappa shape index (κ1) is 23.0. The van der Waals surface area contributed by atoms with Gasteiger partial charge in [0, 0.05) is 6.54 Å². The fraction of sp³-hybridized carbons (Fsp3) is 0.524.